The zero-order valence-electron chi connectivity index (χ0n) is 16.5. The molecule has 0 saturated heterocycles. The smallest absolute Gasteiger partial charge is 0.266 e. The van der Waals surface area contributed by atoms with Gasteiger partial charge in [0.15, 0.2) is 16.6 Å². The molecule has 1 amide bonds. The van der Waals surface area contributed by atoms with Crippen molar-refractivity contribution in [1.82, 2.24) is 34.9 Å². The van der Waals surface area contributed by atoms with Crippen LogP contribution in [0.25, 0.3) is 28.1 Å². The van der Waals surface area contributed by atoms with Crippen molar-refractivity contribution in [2.75, 3.05) is 5.75 Å². The third-order valence-corrected chi connectivity index (χ3v) is 5.60. The average Bonchev–Trinajstić information content (AvgIpc) is 3.38. The summed E-state index contributed by atoms with van der Waals surface area (Å²) in [6, 6.07) is 15.0. The molecule has 160 valence electrons. The van der Waals surface area contributed by atoms with E-state index in [9.17, 15) is 14.0 Å². The summed E-state index contributed by atoms with van der Waals surface area (Å²) in [5, 5.41) is 5.71. The number of carbonyl (C=O) groups is 1. The van der Waals surface area contributed by atoms with Crippen LogP contribution in [0.15, 0.2) is 64.5 Å². The van der Waals surface area contributed by atoms with Crippen LogP contribution in [0, 0.1) is 5.82 Å². The molecular weight excluding hydrogens is 433 g/mol. The standard InChI is InChI=1S/C21H16FN7O2S/c22-13-6-2-1-5-12(13)20-26-17-9-18(30)28-29(17)21(27-20)32-11-19(31)23-10-16-24-14-7-3-4-8-15(14)25-16/h1-9H,10-11H2,(H,23,31)(H,24,25)(H,28,30). The minimum Gasteiger partial charge on any atom is -0.348 e. The fourth-order valence-electron chi connectivity index (χ4n) is 3.20. The second-order valence-corrected chi connectivity index (χ2v) is 7.83. The highest BCUT2D eigenvalue weighted by Crippen LogP contribution is 2.23. The Morgan fingerprint density at radius 2 is 1.91 bits per heavy atom. The van der Waals surface area contributed by atoms with Gasteiger partial charge in [-0.25, -0.2) is 23.9 Å². The molecule has 9 nitrogen and oxygen atoms in total. The summed E-state index contributed by atoms with van der Waals surface area (Å²) in [5.74, 6) is 0.0831. The molecule has 3 aromatic heterocycles. The second-order valence-electron chi connectivity index (χ2n) is 6.89. The van der Waals surface area contributed by atoms with Crippen LogP contribution in [0.3, 0.4) is 0 Å². The monoisotopic (exact) mass is 449 g/mol. The predicted molar refractivity (Wildman–Crippen MR) is 118 cm³/mol. The Kier molecular flexibility index (Phi) is 5.15. The molecule has 0 atom stereocenters. The molecule has 0 aliphatic heterocycles. The molecule has 0 bridgehead atoms. The third kappa shape index (κ3) is 3.97. The van der Waals surface area contributed by atoms with Crippen LogP contribution in [0.5, 0.6) is 0 Å². The number of para-hydroxylation sites is 2. The fraction of sp³-hybridized carbons (Fsp3) is 0.0952. The summed E-state index contributed by atoms with van der Waals surface area (Å²) in [6.07, 6.45) is 0. The summed E-state index contributed by atoms with van der Waals surface area (Å²) in [6.45, 7) is 0.244. The second kappa shape index (κ2) is 8.27. The molecule has 0 aliphatic carbocycles. The first-order chi connectivity index (χ1) is 15.6. The highest BCUT2D eigenvalue weighted by molar-refractivity contribution is 7.99. The number of aromatic nitrogens is 6. The van der Waals surface area contributed by atoms with Gasteiger partial charge in [-0.15, -0.1) is 0 Å². The van der Waals surface area contributed by atoms with Crippen molar-refractivity contribution in [2.24, 2.45) is 0 Å². The number of halogens is 1. The maximum atomic E-state index is 14.2. The first kappa shape index (κ1) is 19.9. The van der Waals surface area contributed by atoms with Gasteiger partial charge in [-0.3, -0.25) is 14.7 Å². The Morgan fingerprint density at radius 1 is 1.09 bits per heavy atom. The topological polar surface area (TPSA) is 121 Å². The average molecular weight is 449 g/mol. The Hall–Kier alpha value is -3.99. The largest absolute Gasteiger partial charge is 0.348 e. The molecule has 0 saturated carbocycles. The van der Waals surface area contributed by atoms with Gasteiger partial charge < -0.3 is 10.3 Å². The van der Waals surface area contributed by atoms with E-state index in [-0.39, 0.29) is 40.8 Å². The number of imidazole rings is 1. The van der Waals surface area contributed by atoms with E-state index in [1.165, 1.54) is 16.6 Å². The van der Waals surface area contributed by atoms with Crippen LogP contribution in [0.1, 0.15) is 5.82 Å². The van der Waals surface area contributed by atoms with Crippen molar-refractivity contribution in [3.8, 4) is 11.4 Å². The maximum Gasteiger partial charge on any atom is 0.266 e. The molecule has 11 heteroatoms. The maximum absolute atomic E-state index is 14.2. The number of fused-ring (bicyclic) bond motifs is 2. The summed E-state index contributed by atoms with van der Waals surface area (Å²) in [7, 11) is 0. The van der Waals surface area contributed by atoms with Crippen molar-refractivity contribution in [3.63, 3.8) is 0 Å². The fourth-order valence-corrected chi connectivity index (χ4v) is 3.98. The highest BCUT2D eigenvalue weighted by Gasteiger charge is 2.15. The van der Waals surface area contributed by atoms with E-state index in [4.69, 9.17) is 0 Å². The molecular formula is C21H16FN7O2S. The van der Waals surface area contributed by atoms with Crippen molar-refractivity contribution in [3.05, 3.63) is 76.6 Å². The molecule has 2 aromatic carbocycles. The Balaban J connectivity index is 1.33. The first-order valence-electron chi connectivity index (χ1n) is 9.65. The summed E-state index contributed by atoms with van der Waals surface area (Å²) >= 11 is 1.10. The predicted octanol–water partition coefficient (Wildman–Crippen LogP) is 2.51. The van der Waals surface area contributed by atoms with Crippen LogP contribution < -0.4 is 10.9 Å². The van der Waals surface area contributed by atoms with E-state index in [1.807, 2.05) is 24.3 Å². The van der Waals surface area contributed by atoms with E-state index in [1.54, 1.807) is 18.2 Å². The van der Waals surface area contributed by atoms with Crippen molar-refractivity contribution in [2.45, 2.75) is 11.7 Å². The van der Waals surface area contributed by atoms with Gasteiger partial charge in [0.05, 0.1) is 28.9 Å². The number of nitrogens with one attached hydrogen (secondary N) is 3. The number of rotatable bonds is 6. The van der Waals surface area contributed by atoms with Crippen LogP contribution in [-0.2, 0) is 11.3 Å². The number of amides is 1. The minimum atomic E-state index is -0.478. The van der Waals surface area contributed by atoms with E-state index in [0.29, 0.717) is 11.0 Å². The lowest BCUT2D eigenvalue weighted by Crippen LogP contribution is -2.25. The van der Waals surface area contributed by atoms with Gasteiger partial charge in [0.25, 0.3) is 5.56 Å². The van der Waals surface area contributed by atoms with Gasteiger partial charge in [0, 0.05) is 6.07 Å². The molecule has 0 aliphatic rings. The molecule has 0 unspecified atom stereocenters. The lowest BCUT2D eigenvalue weighted by atomic mass is 10.2. The molecule has 0 spiro atoms. The number of hydrogen-bond acceptors (Lipinski definition) is 6. The Morgan fingerprint density at radius 3 is 2.75 bits per heavy atom. The number of aromatic amines is 2. The molecule has 5 rings (SSSR count). The number of nitrogens with zero attached hydrogens (tertiary/aromatic N) is 4. The number of carbonyl (C=O) groups excluding carboxylic acids is 1. The normalized spacial score (nSPS) is 11.3. The van der Waals surface area contributed by atoms with Gasteiger partial charge in [-0.2, -0.15) is 0 Å². The summed E-state index contributed by atoms with van der Waals surface area (Å²) in [4.78, 5) is 40.4. The lowest BCUT2D eigenvalue weighted by Gasteiger charge is -2.08. The summed E-state index contributed by atoms with van der Waals surface area (Å²) < 4.78 is 15.6. The summed E-state index contributed by atoms with van der Waals surface area (Å²) in [5.41, 5.74) is 1.84. The quantitative estimate of drug-likeness (QED) is 0.343. The minimum absolute atomic E-state index is 0.0310. The number of thioether (sulfide) groups is 1. The molecule has 5 aromatic rings. The third-order valence-electron chi connectivity index (χ3n) is 4.66. The molecule has 3 N–H and O–H groups in total. The zero-order chi connectivity index (χ0) is 22.1. The first-order valence-corrected chi connectivity index (χ1v) is 10.6. The number of benzene rings is 2. The van der Waals surface area contributed by atoms with E-state index in [0.717, 1.165) is 22.8 Å². The van der Waals surface area contributed by atoms with Gasteiger partial charge in [0.2, 0.25) is 5.91 Å². The van der Waals surface area contributed by atoms with Gasteiger partial charge >= 0.3 is 0 Å². The van der Waals surface area contributed by atoms with Crippen LogP contribution in [-0.4, -0.2) is 41.2 Å². The molecule has 0 radical (unpaired) electrons. The van der Waals surface area contributed by atoms with Gasteiger partial charge in [-0.05, 0) is 24.3 Å². The SMILES string of the molecule is O=C(CSc1nc(-c2ccccc2F)nc2cc(=O)[nH]n12)NCc1nc2ccccc2[nH]1. The van der Waals surface area contributed by atoms with Crippen molar-refractivity contribution in [1.29, 1.82) is 0 Å². The zero-order valence-corrected chi connectivity index (χ0v) is 17.3. The van der Waals surface area contributed by atoms with E-state index in [2.05, 4.69) is 30.4 Å². The molecule has 3 heterocycles. The lowest BCUT2D eigenvalue weighted by molar-refractivity contribution is -0.118. The van der Waals surface area contributed by atoms with Crippen LogP contribution in [0.4, 0.5) is 4.39 Å². The Bertz CT molecular complexity index is 1470. The van der Waals surface area contributed by atoms with Crippen molar-refractivity contribution >= 4 is 34.3 Å². The van der Waals surface area contributed by atoms with Crippen molar-refractivity contribution < 1.29 is 9.18 Å². The van der Waals surface area contributed by atoms with E-state index >= 15 is 0 Å². The molecule has 0 fully saturated rings. The number of hydrogen-bond donors (Lipinski definition) is 3. The Labute approximate surface area is 184 Å². The van der Waals surface area contributed by atoms with Crippen LogP contribution in [0.2, 0.25) is 0 Å². The number of H-pyrrole nitrogens is 2. The highest BCUT2D eigenvalue weighted by atomic mass is 32.2. The van der Waals surface area contributed by atoms with Crippen LogP contribution >= 0.6 is 11.8 Å². The molecule has 32 heavy (non-hydrogen) atoms. The van der Waals surface area contributed by atoms with Gasteiger partial charge in [0.1, 0.15) is 11.6 Å². The van der Waals surface area contributed by atoms with Gasteiger partial charge in [-0.1, -0.05) is 36.0 Å². The van der Waals surface area contributed by atoms with E-state index < -0.39 is 5.82 Å².